The summed E-state index contributed by atoms with van der Waals surface area (Å²) in [6.07, 6.45) is 0.0384. The Morgan fingerprint density at radius 3 is 2.04 bits per heavy atom. The molecule has 1 aliphatic heterocycles. The van der Waals surface area contributed by atoms with Gasteiger partial charge < -0.3 is 29.5 Å². The van der Waals surface area contributed by atoms with E-state index in [0.717, 1.165) is 22.4 Å². The lowest BCUT2D eigenvalue weighted by atomic mass is 10.1. The van der Waals surface area contributed by atoms with E-state index in [2.05, 4.69) is 10.6 Å². The number of nitrogens with zero attached hydrogens (tertiary/aromatic N) is 4. The van der Waals surface area contributed by atoms with Crippen LogP contribution in [-0.4, -0.2) is 60.9 Å². The van der Waals surface area contributed by atoms with Gasteiger partial charge in [-0.05, 0) is 47.9 Å². The topological polar surface area (TPSA) is 116 Å². The zero-order valence-corrected chi connectivity index (χ0v) is 30.5. The molecule has 0 radical (unpaired) electrons. The number of guanidine groups is 1. The van der Waals surface area contributed by atoms with Gasteiger partial charge in [-0.2, -0.15) is 0 Å². The first-order valence-electron chi connectivity index (χ1n) is 17.9. The Kier molecular flexibility index (Phi) is 12.5. The number of anilines is 2. The highest BCUT2D eigenvalue weighted by Gasteiger charge is 2.27. The van der Waals surface area contributed by atoms with E-state index in [4.69, 9.17) is 14.5 Å². The molecule has 0 bridgehead atoms. The van der Waals surface area contributed by atoms with E-state index in [1.165, 1.54) is 0 Å². The largest absolute Gasteiger partial charge is 0.491 e. The van der Waals surface area contributed by atoms with Crippen LogP contribution in [-0.2, 0) is 29.2 Å². The summed E-state index contributed by atoms with van der Waals surface area (Å²) in [6, 6.07) is 41.7. The number of nitrogens with one attached hydrogen (secondary N) is 2. The molecule has 0 spiro atoms. The molecule has 0 saturated heterocycles. The molecule has 5 aromatic rings. The van der Waals surface area contributed by atoms with Crippen LogP contribution in [0.5, 0.6) is 11.5 Å². The standard InChI is InChI=1S/C43H44N6O5/c1-47(2)37-24-13-12-23-36(37)44-39(50)31-49-30-34-20-14-25-38(41(34)45-42(49)46-43(52)54-35-21-10-5-11-22-35)53-27-15-26-40(51)48(28-32-16-6-3-7-17-32)29-33-18-8-4-9-19-33/h3-14,16-25H,15,26-31H2,1-2H3,(H,44,50)(H,45,46,52). The number of hydrogen-bond donors (Lipinski definition) is 2. The molecule has 11 nitrogen and oxygen atoms in total. The zero-order chi connectivity index (χ0) is 37.7. The van der Waals surface area contributed by atoms with Gasteiger partial charge >= 0.3 is 6.09 Å². The molecular weight excluding hydrogens is 681 g/mol. The monoisotopic (exact) mass is 724 g/mol. The average molecular weight is 725 g/mol. The summed E-state index contributed by atoms with van der Waals surface area (Å²) in [6.45, 7) is 1.47. The third-order valence-corrected chi connectivity index (χ3v) is 8.70. The van der Waals surface area contributed by atoms with Crippen molar-refractivity contribution in [1.29, 1.82) is 0 Å². The summed E-state index contributed by atoms with van der Waals surface area (Å²) in [7, 11) is 3.81. The van der Waals surface area contributed by atoms with Crippen molar-refractivity contribution < 1.29 is 23.9 Å². The lowest BCUT2D eigenvalue weighted by Crippen LogP contribution is -2.48. The number of para-hydroxylation sites is 4. The maximum atomic E-state index is 13.5. The van der Waals surface area contributed by atoms with Crippen LogP contribution in [0.4, 0.5) is 21.9 Å². The second-order valence-electron chi connectivity index (χ2n) is 13.0. The maximum Gasteiger partial charge on any atom is 0.419 e. The first-order chi connectivity index (χ1) is 26.3. The van der Waals surface area contributed by atoms with Gasteiger partial charge in [-0.25, -0.2) is 9.79 Å². The summed E-state index contributed by atoms with van der Waals surface area (Å²) in [5.41, 5.74) is 4.99. The van der Waals surface area contributed by atoms with Crippen LogP contribution >= 0.6 is 0 Å². The molecule has 6 rings (SSSR count). The maximum absolute atomic E-state index is 13.5. The van der Waals surface area contributed by atoms with Gasteiger partial charge in [0.15, 0.2) is 0 Å². The number of ether oxygens (including phenoxy) is 2. The van der Waals surface area contributed by atoms with Crippen molar-refractivity contribution in [1.82, 2.24) is 15.1 Å². The van der Waals surface area contributed by atoms with E-state index in [1.807, 2.05) is 133 Å². The first-order valence-corrected chi connectivity index (χ1v) is 17.9. The van der Waals surface area contributed by atoms with Gasteiger partial charge in [0, 0.05) is 45.7 Å². The van der Waals surface area contributed by atoms with Crippen molar-refractivity contribution in [3.05, 3.63) is 150 Å². The van der Waals surface area contributed by atoms with E-state index in [9.17, 15) is 14.4 Å². The normalized spacial score (nSPS) is 11.8. The Bertz CT molecular complexity index is 2020. The second-order valence-corrected chi connectivity index (χ2v) is 13.0. The predicted molar refractivity (Wildman–Crippen MR) is 211 cm³/mol. The fourth-order valence-corrected chi connectivity index (χ4v) is 6.08. The highest BCUT2D eigenvalue weighted by Crippen LogP contribution is 2.36. The molecule has 0 fully saturated rings. The van der Waals surface area contributed by atoms with Gasteiger partial charge in [-0.15, -0.1) is 0 Å². The fraction of sp³-hybridized carbons (Fsp3) is 0.209. The third-order valence-electron chi connectivity index (χ3n) is 8.70. The van der Waals surface area contributed by atoms with Gasteiger partial charge in [-0.3, -0.25) is 14.9 Å². The first kappa shape index (κ1) is 37.1. The number of amides is 3. The molecule has 0 aromatic heterocycles. The number of fused-ring (bicyclic) bond motifs is 1. The Morgan fingerprint density at radius 2 is 1.37 bits per heavy atom. The van der Waals surface area contributed by atoms with Crippen LogP contribution in [0.2, 0.25) is 0 Å². The predicted octanol–water partition coefficient (Wildman–Crippen LogP) is 7.37. The van der Waals surface area contributed by atoms with Crippen LogP contribution < -0.4 is 25.0 Å². The van der Waals surface area contributed by atoms with Crippen molar-refractivity contribution >= 4 is 40.9 Å². The Labute approximate surface area is 315 Å². The lowest BCUT2D eigenvalue weighted by molar-refractivity contribution is -0.132. The summed E-state index contributed by atoms with van der Waals surface area (Å²) >= 11 is 0. The molecule has 11 heteroatoms. The molecule has 1 heterocycles. The SMILES string of the molecule is CN(C)c1ccccc1NC(=O)CN1Cc2cccc(OCCCC(=O)N(Cc3ccccc3)Cc3ccccc3)c2N=C1NC(=O)Oc1ccccc1. The van der Waals surface area contributed by atoms with Crippen LogP contribution in [0, 0.1) is 0 Å². The molecule has 0 saturated carbocycles. The third kappa shape index (κ3) is 10.3. The Balaban J connectivity index is 1.14. The number of benzene rings is 5. The van der Waals surface area contributed by atoms with Gasteiger partial charge in [-0.1, -0.05) is 103 Å². The van der Waals surface area contributed by atoms with Crippen LogP contribution in [0.3, 0.4) is 0 Å². The molecule has 0 unspecified atom stereocenters. The van der Waals surface area contributed by atoms with Crippen LogP contribution in [0.25, 0.3) is 0 Å². The molecular formula is C43H44N6O5. The van der Waals surface area contributed by atoms with E-state index < -0.39 is 6.09 Å². The molecule has 54 heavy (non-hydrogen) atoms. The summed E-state index contributed by atoms with van der Waals surface area (Å²) < 4.78 is 11.7. The van der Waals surface area contributed by atoms with Gasteiger partial charge in [0.25, 0.3) is 0 Å². The molecule has 276 valence electrons. The van der Waals surface area contributed by atoms with E-state index in [-0.39, 0.29) is 37.5 Å². The van der Waals surface area contributed by atoms with Crippen molar-refractivity contribution in [2.75, 3.05) is 37.5 Å². The van der Waals surface area contributed by atoms with Crippen LogP contribution in [0.1, 0.15) is 29.5 Å². The molecule has 0 aliphatic carbocycles. The van der Waals surface area contributed by atoms with E-state index >= 15 is 0 Å². The van der Waals surface area contributed by atoms with Crippen LogP contribution in [0.15, 0.2) is 138 Å². The quantitative estimate of drug-likeness (QED) is 0.115. The molecule has 0 atom stereocenters. The molecule has 2 N–H and O–H groups in total. The minimum atomic E-state index is -0.751. The number of rotatable bonds is 14. The van der Waals surface area contributed by atoms with Gasteiger partial charge in [0.05, 0.1) is 18.0 Å². The van der Waals surface area contributed by atoms with E-state index in [0.29, 0.717) is 48.8 Å². The smallest absolute Gasteiger partial charge is 0.419 e. The zero-order valence-electron chi connectivity index (χ0n) is 30.5. The summed E-state index contributed by atoms with van der Waals surface area (Å²) in [5, 5.41) is 5.73. The van der Waals surface area contributed by atoms with Crippen molar-refractivity contribution in [2.24, 2.45) is 4.99 Å². The minimum Gasteiger partial charge on any atom is -0.491 e. The van der Waals surface area contributed by atoms with Crippen molar-refractivity contribution in [3.63, 3.8) is 0 Å². The number of hydrogen-bond acceptors (Lipinski definition) is 8. The van der Waals surface area contributed by atoms with Gasteiger partial charge in [0.2, 0.25) is 17.8 Å². The fourth-order valence-electron chi connectivity index (χ4n) is 6.08. The Morgan fingerprint density at radius 1 is 0.741 bits per heavy atom. The second kappa shape index (κ2) is 18.2. The molecule has 1 aliphatic rings. The summed E-state index contributed by atoms with van der Waals surface area (Å²) in [5.74, 6) is 0.753. The van der Waals surface area contributed by atoms with Gasteiger partial charge in [0.1, 0.15) is 23.7 Å². The summed E-state index contributed by atoms with van der Waals surface area (Å²) in [4.78, 5) is 50.3. The number of aliphatic imine (C=N–C) groups is 1. The molecule has 5 aromatic carbocycles. The van der Waals surface area contributed by atoms with Crippen molar-refractivity contribution in [3.8, 4) is 11.5 Å². The lowest BCUT2D eigenvalue weighted by Gasteiger charge is -2.30. The number of carbonyl (C=O) groups excluding carboxylic acids is 3. The average Bonchev–Trinajstić information content (AvgIpc) is 3.18. The number of carbonyl (C=O) groups is 3. The highest BCUT2D eigenvalue weighted by molar-refractivity contribution is 6.01. The molecule has 3 amide bonds. The highest BCUT2D eigenvalue weighted by atomic mass is 16.6. The van der Waals surface area contributed by atoms with Crippen molar-refractivity contribution in [2.45, 2.75) is 32.5 Å². The van der Waals surface area contributed by atoms with E-state index in [1.54, 1.807) is 29.2 Å². The minimum absolute atomic E-state index is 0.0324. The Hall–Kier alpha value is -6.62.